The second-order valence-electron chi connectivity index (χ2n) is 4.33. The van der Waals surface area contributed by atoms with Gasteiger partial charge in [0.25, 0.3) is 0 Å². The first-order chi connectivity index (χ1) is 8.56. The van der Waals surface area contributed by atoms with E-state index >= 15 is 0 Å². The van der Waals surface area contributed by atoms with Crippen LogP contribution in [0.1, 0.15) is 13.8 Å². The van der Waals surface area contributed by atoms with Gasteiger partial charge in [-0.1, -0.05) is 19.0 Å². The highest BCUT2D eigenvalue weighted by Crippen LogP contribution is 2.20. The highest BCUT2D eigenvalue weighted by Gasteiger charge is 2.11. The zero-order valence-corrected chi connectivity index (χ0v) is 10.1. The largest absolute Gasteiger partial charge is 0.337 e. The summed E-state index contributed by atoms with van der Waals surface area (Å²) in [7, 11) is 0. The summed E-state index contributed by atoms with van der Waals surface area (Å²) >= 11 is 0. The fourth-order valence-electron chi connectivity index (χ4n) is 1.34. The van der Waals surface area contributed by atoms with Gasteiger partial charge in [-0.3, -0.25) is 0 Å². The Bertz CT molecular complexity index is 540. The molecule has 1 heterocycles. The standard InChI is InChI=1S/C12H13F2N3O/c1-7(2)6-15-12-16-11(17-18-12)8-3-4-9(13)10(14)5-8/h3-5,7H,6H2,1-2H3,(H,15,16,17). The zero-order chi connectivity index (χ0) is 13.1. The van der Waals surface area contributed by atoms with Gasteiger partial charge in [0.15, 0.2) is 11.6 Å². The second-order valence-corrected chi connectivity index (χ2v) is 4.33. The summed E-state index contributed by atoms with van der Waals surface area (Å²) in [5.41, 5.74) is 0.371. The minimum absolute atomic E-state index is 0.222. The average molecular weight is 253 g/mol. The van der Waals surface area contributed by atoms with Crippen LogP contribution in [-0.2, 0) is 0 Å². The van der Waals surface area contributed by atoms with Gasteiger partial charge in [-0.15, -0.1) is 0 Å². The van der Waals surface area contributed by atoms with E-state index in [-0.39, 0.29) is 11.8 Å². The van der Waals surface area contributed by atoms with E-state index < -0.39 is 11.6 Å². The Labute approximate surface area is 103 Å². The zero-order valence-electron chi connectivity index (χ0n) is 10.1. The highest BCUT2D eigenvalue weighted by atomic mass is 19.2. The molecule has 1 aromatic carbocycles. The van der Waals surface area contributed by atoms with E-state index in [1.54, 1.807) is 0 Å². The van der Waals surface area contributed by atoms with Gasteiger partial charge in [-0.2, -0.15) is 4.98 Å². The molecule has 2 rings (SSSR count). The van der Waals surface area contributed by atoms with Crippen molar-refractivity contribution in [2.45, 2.75) is 13.8 Å². The van der Waals surface area contributed by atoms with Gasteiger partial charge >= 0.3 is 6.01 Å². The maximum atomic E-state index is 13.0. The molecular weight excluding hydrogens is 240 g/mol. The fraction of sp³-hybridized carbons (Fsp3) is 0.333. The number of nitrogens with one attached hydrogen (secondary N) is 1. The number of hydrogen-bond donors (Lipinski definition) is 1. The Morgan fingerprint density at radius 1 is 1.28 bits per heavy atom. The molecule has 0 bridgehead atoms. The molecule has 0 saturated carbocycles. The molecule has 1 aromatic heterocycles. The predicted octanol–water partition coefficient (Wildman–Crippen LogP) is 3.08. The molecule has 0 aliphatic heterocycles. The minimum Gasteiger partial charge on any atom is -0.337 e. The third-order valence-electron chi connectivity index (χ3n) is 2.27. The van der Waals surface area contributed by atoms with Gasteiger partial charge in [0, 0.05) is 12.1 Å². The summed E-state index contributed by atoms with van der Waals surface area (Å²) in [6.07, 6.45) is 0. The van der Waals surface area contributed by atoms with Crippen molar-refractivity contribution in [2.75, 3.05) is 11.9 Å². The Kier molecular flexibility index (Phi) is 3.55. The van der Waals surface area contributed by atoms with Crippen molar-refractivity contribution < 1.29 is 13.3 Å². The molecular formula is C12H13F2N3O. The number of rotatable bonds is 4. The number of aromatic nitrogens is 2. The molecule has 96 valence electrons. The van der Waals surface area contributed by atoms with Crippen LogP contribution < -0.4 is 5.32 Å². The molecule has 0 fully saturated rings. The van der Waals surface area contributed by atoms with Crippen molar-refractivity contribution in [2.24, 2.45) is 5.92 Å². The van der Waals surface area contributed by atoms with Crippen LogP contribution >= 0.6 is 0 Å². The normalized spacial score (nSPS) is 10.9. The summed E-state index contributed by atoms with van der Waals surface area (Å²) in [6.45, 7) is 4.78. The molecule has 0 spiro atoms. The first-order valence-electron chi connectivity index (χ1n) is 5.59. The van der Waals surface area contributed by atoms with Crippen LogP contribution in [0.25, 0.3) is 11.4 Å². The van der Waals surface area contributed by atoms with Crippen molar-refractivity contribution in [3.05, 3.63) is 29.8 Å². The van der Waals surface area contributed by atoms with Crippen LogP contribution in [0.2, 0.25) is 0 Å². The summed E-state index contributed by atoms with van der Waals surface area (Å²) in [5.74, 6) is -1.18. The number of benzene rings is 1. The summed E-state index contributed by atoms with van der Waals surface area (Å²) in [5, 5.41) is 6.65. The van der Waals surface area contributed by atoms with Gasteiger partial charge in [0.2, 0.25) is 5.82 Å². The van der Waals surface area contributed by atoms with Gasteiger partial charge in [-0.25, -0.2) is 8.78 Å². The Morgan fingerprint density at radius 3 is 2.72 bits per heavy atom. The smallest absolute Gasteiger partial charge is 0.321 e. The number of hydrogen-bond acceptors (Lipinski definition) is 4. The van der Waals surface area contributed by atoms with E-state index in [1.807, 2.05) is 13.8 Å². The molecule has 0 saturated heterocycles. The SMILES string of the molecule is CC(C)CNc1nc(-c2ccc(F)c(F)c2)no1. The minimum atomic E-state index is -0.936. The molecule has 0 aliphatic rings. The van der Waals surface area contributed by atoms with Gasteiger partial charge < -0.3 is 9.84 Å². The van der Waals surface area contributed by atoms with Crippen molar-refractivity contribution >= 4 is 6.01 Å². The lowest BCUT2D eigenvalue weighted by atomic mass is 10.2. The third-order valence-corrected chi connectivity index (χ3v) is 2.27. The molecule has 18 heavy (non-hydrogen) atoms. The first-order valence-corrected chi connectivity index (χ1v) is 5.59. The quantitative estimate of drug-likeness (QED) is 0.909. The van der Waals surface area contributed by atoms with Crippen LogP contribution in [0, 0.1) is 17.6 Å². The second kappa shape index (κ2) is 5.12. The highest BCUT2D eigenvalue weighted by molar-refractivity contribution is 5.55. The predicted molar refractivity (Wildman–Crippen MR) is 63.0 cm³/mol. The molecule has 4 nitrogen and oxygen atoms in total. The fourth-order valence-corrected chi connectivity index (χ4v) is 1.34. The summed E-state index contributed by atoms with van der Waals surface area (Å²) < 4.78 is 30.8. The Hall–Kier alpha value is -1.98. The molecule has 0 aliphatic carbocycles. The van der Waals surface area contributed by atoms with Crippen molar-refractivity contribution in [3.63, 3.8) is 0 Å². The van der Waals surface area contributed by atoms with Crippen LogP contribution in [0.3, 0.4) is 0 Å². The lowest BCUT2D eigenvalue weighted by Crippen LogP contribution is -2.07. The van der Waals surface area contributed by atoms with Crippen molar-refractivity contribution in [3.8, 4) is 11.4 Å². The molecule has 0 radical (unpaired) electrons. The molecule has 0 unspecified atom stereocenters. The lowest BCUT2D eigenvalue weighted by Gasteiger charge is -2.02. The summed E-state index contributed by atoms with van der Waals surface area (Å²) in [4.78, 5) is 4.05. The Balaban J connectivity index is 2.16. The van der Waals surface area contributed by atoms with Gasteiger partial charge in [0.1, 0.15) is 0 Å². The monoisotopic (exact) mass is 253 g/mol. The molecule has 0 amide bonds. The van der Waals surface area contributed by atoms with E-state index in [0.717, 1.165) is 12.1 Å². The van der Waals surface area contributed by atoms with E-state index in [2.05, 4.69) is 15.5 Å². The first kappa shape index (κ1) is 12.5. The van der Waals surface area contributed by atoms with Crippen molar-refractivity contribution in [1.82, 2.24) is 10.1 Å². The number of halogens is 2. The van der Waals surface area contributed by atoms with E-state index in [9.17, 15) is 8.78 Å². The van der Waals surface area contributed by atoms with Crippen LogP contribution in [0.5, 0.6) is 0 Å². The summed E-state index contributed by atoms with van der Waals surface area (Å²) in [6, 6.07) is 3.73. The van der Waals surface area contributed by atoms with Crippen molar-refractivity contribution in [1.29, 1.82) is 0 Å². The Morgan fingerprint density at radius 2 is 2.06 bits per heavy atom. The van der Waals surface area contributed by atoms with E-state index in [4.69, 9.17) is 4.52 Å². The molecule has 0 atom stereocenters. The number of anilines is 1. The molecule has 2 aromatic rings. The molecule has 1 N–H and O–H groups in total. The third kappa shape index (κ3) is 2.82. The topological polar surface area (TPSA) is 51.0 Å². The van der Waals surface area contributed by atoms with Gasteiger partial charge in [0.05, 0.1) is 0 Å². The average Bonchev–Trinajstić information content (AvgIpc) is 2.79. The van der Waals surface area contributed by atoms with Gasteiger partial charge in [-0.05, 0) is 24.1 Å². The van der Waals surface area contributed by atoms with E-state index in [0.29, 0.717) is 18.0 Å². The van der Waals surface area contributed by atoms with Crippen LogP contribution in [0.4, 0.5) is 14.8 Å². The van der Waals surface area contributed by atoms with E-state index in [1.165, 1.54) is 6.07 Å². The maximum Gasteiger partial charge on any atom is 0.321 e. The maximum absolute atomic E-state index is 13.0. The van der Waals surface area contributed by atoms with Crippen LogP contribution in [-0.4, -0.2) is 16.7 Å². The van der Waals surface area contributed by atoms with Crippen LogP contribution in [0.15, 0.2) is 22.7 Å². The number of nitrogens with zero attached hydrogens (tertiary/aromatic N) is 2. The molecule has 6 heteroatoms. The lowest BCUT2D eigenvalue weighted by molar-refractivity contribution is 0.429.